The molecule has 6 nitrogen and oxygen atoms in total. The molecule has 2 N–H and O–H groups in total. The summed E-state index contributed by atoms with van der Waals surface area (Å²) < 4.78 is 1.12. The molecule has 0 unspecified atom stereocenters. The Bertz CT molecular complexity index is 1160. The van der Waals surface area contributed by atoms with E-state index < -0.39 is 17.4 Å². The minimum Gasteiger partial charge on any atom is -0.347 e. The standard InChI is InChI=1S/C22H19Cl2N3O3/c1-14-8-9-18(17(24)10-14)26-20(28)13-27-19(6-3-7-21(27)29)22(30)25-12-15-4-2-5-16(23)11-15/h2-11H,12-13H2,1H3,(H,25,30)(H,26,28). The first-order valence-electron chi connectivity index (χ1n) is 9.12. The van der Waals surface area contributed by atoms with Gasteiger partial charge in [0.1, 0.15) is 12.2 Å². The summed E-state index contributed by atoms with van der Waals surface area (Å²) in [7, 11) is 0. The lowest BCUT2D eigenvalue weighted by molar-refractivity contribution is -0.116. The molecule has 2 amide bonds. The summed E-state index contributed by atoms with van der Waals surface area (Å²) in [5.74, 6) is -0.952. The second-order valence-electron chi connectivity index (χ2n) is 6.68. The Morgan fingerprint density at radius 3 is 2.50 bits per heavy atom. The van der Waals surface area contributed by atoms with Crippen LogP contribution in [0.25, 0.3) is 0 Å². The second kappa shape index (κ2) is 9.61. The normalized spacial score (nSPS) is 10.5. The van der Waals surface area contributed by atoms with Gasteiger partial charge in [-0.25, -0.2) is 0 Å². The van der Waals surface area contributed by atoms with Crippen molar-refractivity contribution in [1.82, 2.24) is 9.88 Å². The zero-order valence-corrected chi connectivity index (χ0v) is 17.6. The molecule has 2 aromatic carbocycles. The van der Waals surface area contributed by atoms with Gasteiger partial charge in [0.2, 0.25) is 5.91 Å². The number of benzene rings is 2. The molecule has 30 heavy (non-hydrogen) atoms. The van der Waals surface area contributed by atoms with Crippen molar-refractivity contribution < 1.29 is 9.59 Å². The Balaban J connectivity index is 1.74. The van der Waals surface area contributed by atoms with Crippen LogP contribution in [0.15, 0.2) is 65.5 Å². The molecule has 0 aliphatic carbocycles. The number of amides is 2. The molecule has 0 aliphatic rings. The Morgan fingerprint density at radius 2 is 1.77 bits per heavy atom. The molecule has 0 spiro atoms. The molecule has 1 aromatic heterocycles. The Kier molecular flexibility index (Phi) is 6.92. The van der Waals surface area contributed by atoms with Crippen LogP contribution in [0.1, 0.15) is 21.6 Å². The van der Waals surface area contributed by atoms with Crippen molar-refractivity contribution >= 4 is 40.7 Å². The van der Waals surface area contributed by atoms with Crippen molar-refractivity contribution in [3.63, 3.8) is 0 Å². The first-order valence-corrected chi connectivity index (χ1v) is 9.87. The molecule has 3 aromatic rings. The summed E-state index contributed by atoms with van der Waals surface area (Å²) in [4.78, 5) is 37.5. The third-order valence-corrected chi connectivity index (χ3v) is 4.87. The number of carbonyl (C=O) groups excluding carboxylic acids is 2. The summed E-state index contributed by atoms with van der Waals surface area (Å²) in [6, 6.07) is 16.5. The maximum Gasteiger partial charge on any atom is 0.268 e. The highest BCUT2D eigenvalue weighted by atomic mass is 35.5. The van der Waals surface area contributed by atoms with Crippen LogP contribution >= 0.6 is 23.2 Å². The van der Waals surface area contributed by atoms with Crippen LogP contribution in [0.5, 0.6) is 0 Å². The van der Waals surface area contributed by atoms with E-state index in [1.165, 1.54) is 18.2 Å². The first kappa shape index (κ1) is 21.6. The summed E-state index contributed by atoms with van der Waals surface area (Å²) in [6.45, 7) is 1.78. The van der Waals surface area contributed by atoms with E-state index in [1.807, 2.05) is 19.1 Å². The van der Waals surface area contributed by atoms with Gasteiger partial charge < -0.3 is 10.6 Å². The number of rotatable bonds is 6. The van der Waals surface area contributed by atoms with E-state index in [0.717, 1.165) is 15.7 Å². The van der Waals surface area contributed by atoms with Crippen LogP contribution in [0.4, 0.5) is 5.69 Å². The average Bonchev–Trinajstić information content (AvgIpc) is 2.70. The van der Waals surface area contributed by atoms with E-state index in [1.54, 1.807) is 30.3 Å². The molecular weight excluding hydrogens is 425 g/mol. The number of anilines is 1. The maximum atomic E-state index is 12.7. The van der Waals surface area contributed by atoms with E-state index in [-0.39, 0.29) is 18.8 Å². The summed E-state index contributed by atoms with van der Waals surface area (Å²) >= 11 is 12.1. The van der Waals surface area contributed by atoms with E-state index in [2.05, 4.69) is 10.6 Å². The molecule has 0 aliphatic heterocycles. The summed E-state index contributed by atoms with van der Waals surface area (Å²) in [5, 5.41) is 6.36. The molecule has 0 fully saturated rings. The fraction of sp³-hybridized carbons (Fsp3) is 0.136. The van der Waals surface area contributed by atoms with E-state index in [4.69, 9.17) is 23.2 Å². The highest BCUT2D eigenvalue weighted by molar-refractivity contribution is 6.33. The predicted molar refractivity (Wildman–Crippen MR) is 118 cm³/mol. The van der Waals surface area contributed by atoms with Gasteiger partial charge in [-0.05, 0) is 48.4 Å². The van der Waals surface area contributed by atoms with Crippen LogP contribution in [0.2, 0.25) is 10.0 Å². The lowest BCUT2D eigenvalue weighted by Gasteiger charge is -2.13. The average molecular weight is 444 g/mol. The van der Waals surface area contributed by atoms with Crippen molar-refractivity contribution in [3.8, 4) is 0 Å². The van der Waals surface area contributed by atoms with Gasteiger partial charge in [-0.15, -0.1) is 0 Å². The maximum absolute atomic E-state index is 12.7. The molecule has 3 rings (SSSR count). The highest BCUT2D eigenvalue weighted by Crippen LogP contribution is 2.22. The molecule has 0 saturated carbocycles. The number of hydrogen-bond donors (Lipinski definition) is 2. The summed E-state index contributed by atoms with van der Waals surface area (Å²) in [6.07, 6.45) is 0. The van der Waals surface area contributed by atoms with Gasteiger partial charge in [-0.2, -0.15) is 0 Å². The van der Waals surface area contributed by atoms with E-state index >= 15 is 0 Å². The predicted octanol–water partition coefficient (Wildman–Crippen LogP) is 4.03. The molecular formula is C22H19Cl2N3O3. The van der Waals surface area contributed by atoms with Gasteiger partial charge in [0.25, 0.3) is 11.5 Å². The molecule has 0 atom stereocenters. The van der Waals surface area contributed by atoms with Crippen LogP contribution in [-0.4, -0.2) is 16.4 Å². The van der Waals surface area contributed by atoms with Gasteiger partial charge in [-0.3, -0.25) is 19.0 Å². The van der Waals surface area contributed by atoms with Gasteiger partial charge >= 0.3 is 0 Å². The lowest BCUT2D eigenvalue weighted by atomic mass is 10.2. The minimum absolute atomic E-state index is 0.0784. The number of nitrogens with zero attached hydrogens (tertiary/aromatic N) is 1. The van der Waals surface area contributed by atoms with Crippen molar-refractivity contribution in [2.24, 2.45) is 0 Å². The zero-order valence-electron chi connectivity index (χ0n) is 16.1. The Hall–Kier alpha value is -3.09. The number of halogens is 2. The van der Waals surface area contributed by atoms with Crippen molar-refractivity contribution in [1.29, 1.82) is 0 Å². The van der Waals surface area contributed by atoms with Gasteiger partial charge in [0.15, 0.2) is 0 Å². The van der Waals surface area contributed by atoms with Gasteiger partial charge in [0.05, 0.1) is 10.7 Å². The third-order valence-electron chi connectivity index (χ3n) is 4.32. The van der Waals surface area contributed by atoms with E-state index in [9.17, 15) is 14.4 Å². The highest BCUT2D eigenvalue weighted by Gasteiger charge is 2.15. The Labute approximate surface area is 183 Å². The van der Waals surface area contributed by atoms with Crippen molar-refractivity contribution in [2.45, 2.75) is 20.0 Å². The number of aryl methyl sites for hydroxylation is 1. The molecule has 8 heteroatoms. The van der Waals surface area contributed by atoms with Crippen molar-refractivity contribution in [2.75, 3.05) is 5.32 Å². The lowest BCUT2D eigenvalue weighted by Crippen LogP contribution is -2.34. The fourth-order valence-electron chi connectivity index (χ4n) is 2.86. The largest absolute Gasteiger partial charge is 0.347 e. The fourth-order valence-corrected chi connectivity index (χ4v) is 3.35. The zero-order chi connectivity index (χ0) is 21.7. The number of aromatic nitrogens is 1. The quantitative estimate of drug-likeness (QED) is 0.603. The van der Waals surface area contributed by atoms with Gasteiger partial charge in [-0.1, -0.05) is 47.5 Å². The smallest absolute Gasteiger partial charge is 0.268 e. The minimum atomic E-state index is -0.478. The van der Waals surface area contributed by atoms with Crippen molar-refractivity contribution in [3.05, 3.63) is 97.9 Å². The second-order valence-corrected chi connectivity index (χ2v) is 7.52. The van der Waals surface area contributed by atoms with Crippen LogP contribution < -0.4 is 16.2 Å². The van der Waals surface area contributed by atoms with Crippen LogP contribution in [0, 0.1) is 6.92 Å². The van der Waals surface area contributed by atoms with Gasteiger partial charge in [0, 0.05) is 17.6 Å². The van der Waals surface area contributed by atoms with Crippen LogP contribution in [0.3, 0.4) is 0 Å². The topological polar surface area (TPSA) is 80.2 Å². The third kappa shape index (κ3) is 5.49. The SMILES string of the molecule is Cc1ccc(NC(=O)Cn2c(C(=O)NCc3cccc(Cl)c3)cccc2=O)c(Cl)c1. The monoisotopic (exact) mass is 443 g/mol. The first-order chi connectivity index (χ1) is 14.3. The molecule has 154 valence electrons. The summed E-state index contributed by atoms with van der Waals surface area (Å²) in [5.41, 5.74) is 1.82. The number of carbonyl (C=O) groups is 2. The molecule has 0 saturated heterocycles. The number of pyridine rings is 1. The molecule has 0 bridgehead atoms. The number of hydrogen-bond acceptors (Lipinski definition) is 3. The van der Waals surface area contributed by atoms with Crippen LogP contribution in [-0.2, 0) is 17.9 Å². The Morgan fingerprint density at radius 1 is 1.00 bits per heavy atom. The molecule has 0 radical (unpaired) electrons. The van der Waals surface area contributed by atoms with E-state index in [0.29, 0.717) is 15.7 Å². The molecule has 1 heterocycles. The number of nitrogens with one attached hydrogen (secondary N) is 2.